The molecule has 0 fully saturated rings. The molecule has 2 N–H and O–H groups in total. The third-order valence-corrected chi connectivity index (χ3v) is 5.79. The number of benzene rings is 2. The summed E-state index contributed by atoms with van der Waals surface area (Å²) in [5.74, 6) is 0.623. The predicted molar refractivity (Wildman–Crippen MR) is 136 cm³/mol. The predicted octanol–water partition coefficient (Wildman–Crippen LogP) is 5.64. The van der Waals surface area contributed by atoms with E-state index < -0.39 is 17.8 Å². The van der Waals surface area contributed by atoms with E-state index in [1.165, 1.54) is 23.2 Å². The number of hydrogen-bond acceptors (Lipinski definition) is 5. The van der Waals surface area contributed by atoms with E-state index in [0.717, 1.165) is 17.7 Å². The van der Waals surface area contributed by atoms with Gasteiger partial charge in [0.2, 0.25) is 0 Å². The van der Waals surface area contributed by atoms with Crippen LogP contribution in [0.4, 0.5) is 29.3 Å². The number of nitrogens with one attached hydrogen (secondary N) is 2. The molecular weight excluding hydrogens is 501 g/mol. The highest BCUT2D eigenvalue weighted by Gasteiger charge is 2.31. The van der Waals surface area contributed by atoms with E-state index in [2.05, 4.69) is 15.6 Å². The van der Waals surface area contributed by atoms with Crippen LogP contribution < -0.4 is 20.3 Å². The number of ether oxygens (including phenoxy) is 2. The number of carbonyl (C=O) groups excluding carboxylic acids is 2. The minimum absolute atomic E-state index is 0.0602. The Kier molecular flexibility index (Phi) is 8.47. The van der Waals surface area contributed by atoms with E-state index in [0.29, 0.717) is 56.3 Å². The van der Waals surface area contributed by atoms with Crippen molar-refractivity contribution in [1.82, 2.24) is 10.3 Å². The van der Waals surface area contributed by atoms with Gasteiger partial charge in [-0.15, -0.1) is 0 Å². The first-order valence-corrected chi connectivity index (χ1v) is 12.1. The number of urea groups is 1. The highest BCUT2D eigenvalue weighted by atomic mass is 19.4. The molecule has 0 aliphatic carbocycles. The first kappa shape index (κ1) is 26.9. The monoisotopic (exact) mass is 528 g/mol. The molecule has 3 amide bonds. The Balaban J connectivity index is 1.38. The molecule has 1 aromatic heterocycles. The molecule has 8 nitrogen and oxygen atoms in total. The molecule has 4 rings (SSSR count). The third-order valence-electron chi connectivity index (χ3n) is 5.79. The van der Waals surface area contributed by atoms with E-state index in [1.54, 1.807) is 30.3 Å². The normalized spacial score (nSPS) is 12.7. The van der Waals surface area contributed by atoms with Crippen LogP contribution >= 0.6 is 0 Å². The standard InChI is InChI=1S/C27H27F3N4O4/c1-2-37-14-4-11-32-25(35)23-17-22(9-12-31-23)38-21-7-8-24-18(15-21)10-13-34(24)26(36)33-20-6-3-5-19(16-20)27(28,29)30/h3,5-9,12,15-17H,2,4,10-11,13-14H2,1H3,(H,32,35)(H,33,36). The molecule has 0 unspecified atom stereocenters. The number of fused-ring (bicyclic) bond motifs is 1. The molecule has 2 heterocycles. The van der Waals surface area contributed by atoms with Gasteiger partial charge in [0.25, 0.3) is 5.91 Å². The largest absolute Gasteiger partial charge is 0.457 e. The fourth-order valence-corrected chi connectivity index (χ4v) is 3.96. The van der Waals surface area contributed by atoms with Crippen molar-refractivity contribution in [3.63, 3.8) is 0 Å². The van der Waals surface area contributed by atoms with Crippen LogP contribution in [-0.4, -0.2) is 43.2 Å². The lowest BCUT2D eigenvalue weighted by Crippen LogP contribution is -2.33. The number of rotatable bonds is 9. The van der Waals surface area contributed by atoms with Crippen LogP contribution in [0.5, 0.6) is 11.5 Å². The van der Waals surface area contributed by atoms with Crippen molar-refractivity contribution in [2.45, 2.75) is 25.9 Å². The van der Waals surface area contributed by atoms with E-state index in [1.807, 2.05) is 6.92 Å². The second kappa shape index (κ2) is 12.0. The number of anilines is 2. The van der Waals surface area contributed by atoms with Crippen LogP contribution in [0.15, 0.2) is 60.8 Å². The van der Waals surface area contributed by atoms with Crippen molar-refractivity contribution in [2.24, 2.45) is 0 Å². The van der Waals surface area contributed by atoms with Crippen LogP contribution in [0.2, 0.25) is 0 Å². The zero-order valence-corrected chi connectivity index (χ0v) is 20.7. The van der Waals surface area contributed by atoms with Gasteiger partial charge >= 0.3 is 12.2 Å². The quantitative estimate of drug-likeness (QED) is 0.351. The smallest absolute Gasteiger partial charge is 0.416 e. The Morgan fingerprint density at radius 3 is 2.68 bits per heavy atom. The molecule has 0 saturated carbocycles. The van der Waals surface area contributed by atoms with Gasteiger partial charge in [0, 0.05) is 49.9 Å². The SMILES string of the molecule is CCOCCCNC(=O)c1cc(Oc2ccc3c(c2)CCN3C(=O)Nc2cccc(C(F)(F)F)c2)ccn1. The minimum atomic E-state index is -4.50. The summed E-state index contributed by atoms with van der Waals surface area (Å²) >= 11 is 0. The van der Waals surface area contributed by atoms with Crippen LogP contribution in [0.1, 0.15) is 35.0 Å². The molecule has 0 atom stereocenters. The van der Waals surface area contributed by atoms with Gasteiger partial charge < -0.3 is 20.1 Å². The first-order chi connectivity index (χ1) is 18.2. The summed E-state index contributed by atoms with van der Waals surface area (Å²) in [6.45, 7) is 3.94. The number of hydrogen-bond donors (Lipinski definition) is 2. The number of halogens is 3. The Bertz CT molecular complexity index is 1300. The molecule has 2 aromatic carbocycles. The molecule has 11 heteroatoms. The number of pyridine rings is 1. The topological polar surface area (TPSA) is 92.8 Å². The van der Waals surface area contributed by atoms with E-state index in [-0.39, 0.29) is 17.3 Å². The maximum absolute atomic E-state index is 13.0. The average molecular weight is 529 g/mol. The van der Waals surface area contributed by atoms with Crippen molar-refractivity contribution in [2.75, 3.05) is 36.5 Å². The summed E-state index contributed by atoms with van der Waals surface area (Å²) in [6, 6.07) is 12.3. The van der Waals surface area contributed by atoms with Crippen molar-refractivity contribution in [1.29, 1.82) is 0 Å². The summed E-state index contributed by atoms with van der Waals surface area (Å²) in [5.41, 5.74) is 0.937. The van der Waals surface area contributed by atoms with Gasteiger partial charge in [0.1, 0.15) is 17.2 Å². The zero-order valence-electron chi connectivity index (χ0n) is 20.7. The van der Waals surface area contributed by atoms with Crippen LogP contribution in [0.25, 0.3) is 0 Å². The zero-order chi connectivity index (χ0) is 27.1. The molecule has 0 saturated heterocycles. The Labute approximate surface area is 217 Å². The highest BCUT2D eigenvalue weighted by molar-refractivity contribution is 6.03. The molecule has 3 aromatic rings. The van der Waals surface area contributed by atoms with Gasteiger partial charge in [-0.2, -0.15) is 13.2 Å². The van der Waals surface area contributed by atoms with E-state index in [9.17, 15) is 22.8 Å². The second-order valence-corrected chi connectivity index (χ2v) is 8.49. The van der Waals surface area contributed by atoms with Crippen molar-refractivity contribution in [3.05, 3.63) is 77.6 Å². The minimum Gasteiger partial charge on any atom is -0.457 e. The third kappa shape index (κ3) is 6.80. The number of nitrogens with zero attached hydrogens (tertiary/aromatic N) is 2. The van der Waals surface area contributed by atoms with Gasteiger partial charge in [-0.05, 0) is 67.8 Å². The van der Waals surface area contributed by atoms with Crippen LogP contribution in [0, 0.1) is 0 Å². The van der Waals surface area contributed by atoms with Crippen molar-refractivity contribution >= 4 is 23.3 Å². The van der Waals surface area contributed by atoms with Crippen LogP contribution in [-0.2, 0) is 17.3 Å². The molecule has 0 spiro atoms. The summed E-state index contributed by atoms with van der Waals surface area (Å²) in [5, 5.41) is 5.33. The van der Waals surface area contributed by atoms with Crippen molar-refractivity contribution < 1.29 is 32.2 Å². The van der Waals surface area contributed by atoms with Gasteiger partial charge in [-0.25, -0.2) is 4.79 Å². The first-order valence-electron chi connectivity index (χ1n) is 12.1. The fourth-order valence-electron chi connectivity index (χ4n) is 3.96. The summed E-state index contributed by atoms with van der Waals surface area (Å²) < 4.78 is 50.1. The molecular formula is C27H27F3N4O4. The number of carbonyl (C=O) groups is 2. The van der Waals surface area contributed by atoms with E-state index in [4.69, 9.17) is 9.47 Å². The summed E-state index contributed by atoms with van der Waals surface area (Å²) in [4.78, 5) is 30.7. The van der Waals surface area contributed by atoms with Crippen LogP contribution in [0.3, 0.4) is 0 Å². The van der Waals surface area contributed by atoms with Gasteiger partial charge in [0.15, 0.2) is 0 Å². The summed E-state index contributed by atoms with van der Waals surface area (Å²) in [6.07, 6.45) is -1.77. The second-order valence-electron chi connectivity index (χ2n) is 8.49. The molecule has 200 valence electrons. The maximum atomic E-state index is 13.0. The lowest BCUT2D eigenvalue weighted by atomic mass is 10.1. The molecule has 38 heavy (non-hydrogen) atoms. The Morgan fingerprint density at radius 1 is 1.08 bits per heavy atom. The number of amides is 3. The van der Waals surface area contributed by atoms with E-state index >= 15 is 0 Å². The Morgan fingerprint density at radius 2 is 1.89 bits per heavy atom. The number of alkyl halides is 3. The Hall–Kier alpha value is -4.12. The lowest BCUT2D eigenvalue weighted by Gasteiger charge is -2.19. The molecule has 1 aliphatic rings. The average Bonchev–Trinajstić information content (AvgIpc) is 3.32. The van der Waals surface area contributed by atoms with Gasteiger partial charge in [-0.3, -0.25) is 14.7 Å². The molecule has 0 bridgehead atoms. The van der Waals surface area contributed by atoms with Gasteiger partial charge in [-0.1, -0.05) is 6.07 Å². The molecule has 0 radical (unpaired) electrons. The highest BCUT2D eigenvalue weighted by Crippen LogP contribution is 2.34. The number of aromatic nitrogens is 1. The lowest BCUT2D eigenvalue weighted by molar-refractivity contribution is -0.137. The van der Waals surface area contributed by atoms with Gasteiger partial charge in [0.05, 0.1) is 5.56 Å². The maximum Gasteiger partial charge on any atom is 0.416 e. The molecule has 1 aliphatic heterocycles. The fraction of sp³-hybridized carbons (Fsp3) is 0.296. The summed E-state index contributed by atoms with van der Waals surface area (Å²) in [7, 11) is 0. The van der Waals surface area contributed by atoms with Crippen molar-refractivity contribution in [3.8, 4) is 11.5 Å².